The second-order valence-electron chi connectivity index (χ2n) is 5.84. The van der Waals surface area contributed by atoms with Crippen molar-refractivity contribution in [2.24, 2.45) is 0 Å². The Bertz CT molecular complexity index is 954. The van der Waals surface area contributed by atoms with Gasteiger partial charge in [0.1, 0.15) is 18.9 Å². The standard InChI is InChI=1S/C18H15N7O/c19-17-13-2-5-18(15-3-6-20-11-22-15,16-4-7-21-12-23-16)10-14(13)25(24-17)8-1-9-26/h1-9,11-12H,10H2,(H2,19,24). The van der Waals surface area contributed by atoms with E-state index in [9.17, 15) is 4.79 Å². The van der Waals surface area contributed by atoms with Crippen molar-refractivity contribution in [3.8, 4) is 0 Å². The van der Waals surface area contributed by atoms with Crippen LogP contribution in [0.5, 0.6) is 0 Å². The molecule has 8 heteroatoms. The number of anilines is 1. The van der Waals surface area contributed by atoms with Crippen LogP contribution in [0.25, 0.3) is 12.3 Å². The number of rotatable bonds is 4. The molecule has 0 spiro atoms. The summed E-state index contributed by atoms with van der Waals surface area (Å²) in [7, 11) is 0. The minimum Gasteiger partial charge on any atom is -0.382 e. The van der Waals surface area contributed by atoms with Crippen LogP contribution >= 0.6 is 0 Å². The van der Waals surface area contributed by atoms with Crippen LogP contribution in [0.3, 0.4) is 0 Å². The van der Waals surface area contributed by atoms with E-state index >= 15 is 0 Å². The maximum Gasteiger partial charge on any atom is 0.153 e. The number of nitrogens with two attached hydrogens (primary N) is 1. The molecule has 0 atom stereocenters. The van der Waals surface area contributed by atoms with Gasteiger partial charge in [-0.3, -0.25) is 4.79 Å². The van der Waals surface area contributed by atoms with Crippen LogP contribution in [0, 0.1) is 0 Å². The van der Waals surface area contributed by atoms with Crippen molar-refractivity contribution >= 4 is 24.4 Å². The Morgan fingerprint density at radius 2 is 1.81 bits per heavy atom. The summed E-state index contributed by atoms with van der Waals surface area (Å²) in [5, 5.41) is 4.31. The highest BCUT2D eigenvalue weighted by Crippen LogP contribution is 2.40. The van der Waals surface area contributed by atoms with Gasteiger partial charge >= 0.3 is 0 Å². The number of fused-ring (bicyclic) bond motifs is 1. The second kappa shape index (κ2) is 6.32. The van der Waals surface area contributed by atoms with Gasteiger partial charge in [0.2, 0.25) is 0 Å². The van der Waals surface area contributed by atoms with Gasteiger partial charge in [-0.2, -0.15) is 5.10 Å². The molecule has 0 bridgehead atoms. The molecule has 0 aromatic carbocycles. The molecule has 0 amide bonds. The van der Waals surface area contributed by atoms with E-state index in [2.05, 4.69) is 25.0 Å². The van der Waals surface area contributed by atoms with E-state index in [4.69, 9.17) is 5.73 Å². The number of nitrogens with zero attached hydrogens (tertiary/aromatic N) is 6. The summed E-state index contributed by atoms with van der Waals surface area (Å²) in [5.74, 6) is 0.408. The summed E-state index contributed by atoms with van der Waals surface area (Å²) in [6, 6.07) is 3.73. The van der Waals surface area contributed by atoms with E-state index in [-0.39, 0.29) is 0 Å². The normalized spacial score (nSPS) is 15.1. The number of hydrogen-bond donors (Lipinski definition) is 1. The van der Waals surface area contributed by atoms with Crippen LogP contribution in [0.1, 0.15) is 22.6 Å². The Morgan fingerprint density at radius 1 is 1.12 bits per heavy atom. The minimum absolute atomic E-state index is 0.408. The zero-order valence-corrected chi connectivity index (χ0v) is 13.7. The van der Waals surface area contributed by atoms with Crippen LogP contribution in [-0.2, 0) is 16.6 Å². The van der Waals surface area contributed by atoms with Crippen molar-refractivity contribution in [3.05, 3.63) is 72.0 Å². The van der Waals surface area contributed by atoms with Crippen LogP contribution < -0.4 is 5.73 Å². The molecule has 3 aromatic rings. The van der Waals surface area contributed by atoms with Crippen molar-refractivity contribution in [1.82, 2.24) is 29.7 Å². The molecule has 0 aliphatic heterocycles. The molecule has 0 saturated heterocycles. The second-order valence-corrected chi connectivity index (χ2v) is 5.84. The van der Waals surface area contributed by atoms with Crippen LogP contribution in [-0.4, -0.2) is 36.0 Å². The van der Waals surface area contributed by atoms with Crippen molar-refractivity contribution in [2.75, 3.05) is 5.73 Å². The van der Waals surface area contributed by atoms with Gasteiger partial charge in [0.25, 0.3) is 0 Å². The highest BCUT2D eigenvalue weighted by Gasteiger charge is 2.39. The monoisotopic (exact) mass is 345 g/mol. The molecule has 0 fully saturated rings. The summed E-state index contributed by atoms with van der Waals surface area (Å²) in [4.78, 5) is 27.7. The molecule has 128 valence electrons. The van der Waals surface area contributed by atoms with Gasteiger partial charge in [0, 0.05) is 30.6 Å². The largest absolute Gasteiger partial charge is 0.382 e. The van der Waals surface area contributed by atoms with Gasteiger partial charge in [-0.15, -0.1) is 0 Å². The lowest BCUT2D eigenvalue weighted by Gasteiger charge is -2.32. The number of nitrogen functional groups attached to an aromatic ring is 1. The number of carbonyl (C=O) groups excluding carboxylic acids is 1. The molecular formula is C18H15N7O. The molecular weight excluding hydrogens is 330 g/mol. The molecule has 1 aliphatic rings. The summed E-state index contributed by atoms with van der Waals surface area (Å²) < 4.78 is 1.62. The zero-order chi connectivity index (χ0) is 18.0. The minimum atomic E-state index is -0.613. The molecule has 0 unspecified atom stereocenters. The summed E-state index contributed by atoms with van der Waals surface area (Å²) in [6.07, 6.45) is 14.6. The van der Waals surface area contributed by atoms with Crippen molar-refractivity contribution in [2.45, 2.75) is 11.8 Å². The lowest BCUT2D eigenvalue weighted by atomic mass is 9.73. The Balaban J connectivity index is 1.92. The number of aldehydes is 1. The third kappa shape index (κ3) is 2.48. The Hall–Kier alpha value is -3.68. The first kappa shape index (κ1) is 15.8. The Labute approximate surface area is 149 Å². The highest BCUT2D eigenvalue weighted by molar-refractivity contribution is 5.73. The molecule has 0 radical (unpaired) electrons. The topological polar surface area (TPSA) is 112 Å². The third-order valence-electron chi connectivity index (χ3n) is 4.44. The first-order valence-corrected chi connectivity index (χ1v) is 7.95. The van der Waals surface area contributed by atoms with Crippen LogP contribution in [0.15, 0.2) is 49.3 Å². The lowest BCUT2D eigenvalue weighted by Crippen LogP contribution is -2.33. The van der Waals surface area contributed by atoms with Gasteiger partial charge < -0.3 is 5.73 Å². The SMILES string of the molecule is Nc1nn(C=CC=O)c2c1C=CC(c1ccncn1)(c1ccncn1)C2. The molecule has 2 N–H and O–H groups in total. The Morgan fingerprint density at radius 3 is 2.38 bits per heavy atom. The molecule has 4 rings (SSSR count). The fourth-order valence-electron chi connectivity index (χ4n) is 3.24. The predicted molar refractivity (Wildman–Crippen MR) is 95.6 cm³/mol. The summed E-state index contributed by atoms with van der Waals surface area (Å²) in [5.41, 5.74) is 8.75. The van der Waals surface area contributed by atoms with E-state index in [1.807, 2.05) is 24.3 Å². The third-order valence-corrected chi connectivity index (χ3v) is 4.44. The molecule has 0 saturated carbocycles. The predicted octanol–water partition coefficient (Wildman–Crippen LogP) is 1.27. The van der Waals surface area contributed by atoms with Gasteiger partial charge in [-0.05, 0) is 18.2 Å². The summed E-state index contributed by atoms with van der Waals surface area (Å²) in [6.45, 7) is 0. The molecule has 8 nitrogen and oxygen atoms in total. The first-order valence-electron chi connectivity index (χ1n) is 7.95. The molecule has 3 aromatic heterocycles. The molecule has 1 aliphatic carbocycles. The molecule has 26 heavy (non-hydrogen) atoms. The van der Waals surface area contributed by atoms with E-state index < -0.39 is 5.41 Å². The van der Waals surface area contributed by atoms with Crippen LogP contribution in [0.4, 0.5) is 5.82 Å². The summed E-state index contributed by atoms with van der Waals surface area (Å²) >= 11 is 0. The average Bonchev–Trinajstić information content (AvgIpc) is 3.02. The highest BCUT2D eigenvalue weighted by atomic mass is 16.1. The van der Waals surface area contributed by atoms with Crippen molar-refractivity contribution in [1.29, 1.82) is 0 Å². The number of hydrogen-bond acceptors (Lipinski definition) is 7. The molecule has 3 heterocycles. The van der Waals surface area contributed by atoms with Gasteiger partial charge in [-0.25, -0.2) is 24.6 Å². The number of carbonyl (C=O) groups is 1. The fraction of sp³-hybridized carbons (Fsp3) is 0.111. The van der Waals surface area contributed by atoms with E-state index in [0.717, 1.165) is 22.6 Å². The average molecular weight is 345 g/mol. The van der Waals surface area contributed by atoms with Crippen molar-refractivity contribution in [3.63, 3.8) is 0 Å². The maximum absolute atomic E-state index is 10.7. The zero-order valence-electron chi connectivity index (χ0n) is 13.7. The quantitative estimate of drug-likeness (QED) is 0.559. The first-order chi connectivity index (χ1) is 12.7. The van der Waals surface area contributed by atoms with E-state index in [1.54, 1.807) is 23.3 Å². The van der Waals surface area contributed by atoms with Crippen LogP contribution in [0.2, 0.25) is 0 Å². The lowest BCUT2D eigenvalue weighted by molar-refractivity contribution is -0.104. The fourth-order valence-corrected chi connectivity index (χ4v) is 3.24. The van der Waals surface area contributed by atoms with Gasteiger partial charge in [0.15, 0.2) is 5.82 Å². The van der Waals surface area contributed by atoms with E-state index in [1.165, 1.54) is 18.7 Å². The smallest absolute Gasteiger partial charge is 0.153 e. The van der Waals surface area contributed by atoms with Gasteiger partial charge in [0.05, 0.1) is 22.5 Å². The maximum atomic E-state index is 10.7. The number of allylic oxidation sites excluding steroid dienone is 2. The van der Waals surface area contributed by atoms with Gasteiger partial charge in [-0.1, -0.05) is 12.2 Å². The number of aromatic nitrogens is 6. The van der Waals surface area contributed by atoms with E-state index in [0.29, 0.717) is 18.5 Å². The van der Waals surface area contributed by atoms with Crippen molar-refractivity contribution < 1.29 is 4.79 Å². The Kier molecular flexibility index (Phi) is 3.85.